The van der Waals surface area contributed by atoms with Crippen molar-refractivity contribution in [3.05, 3.63) is 15.3 Å². The van der Waals surface area contributed by atoms with Gasteiger partial charge in [0.05, 0.1) is 5.09 Å². The van der Waals surface area contributed by atoms with Crippen LogP contribution in [-0.4, -0.2) is 30.9 Å². The Bertz CT molecular complexity index is 33.8. The average molecular weight is 288 g/mol. The monoisotopic (exact) mass is 287 g/mol. The van der Waals surface area contributed by atoms with Crippen LogP contribution < -0.4 is 0 Å². The topological polar surface area (TPSA) is 66.2 Å². The van der Waals surface area contributed by atoms with Crippen LogP contribution in [0.3, 0.4) is 0 Å². The molecule has 0 aliphatic carbocycles. The van der Waals surface area contributed by atoms with Gasteiger partial charge < -0.3 is 15.3 Å². The summed E-state index contributed by atoms with van der Waals surface area (Å²) < 4.78 is 0. The molecule has 0 aliphatic heterocycles. The summed E-state index contributed by atoms with van der Waals surface area (Å²) >= 11 is 0. The Kier molecular flexibility index (Phi) is 24.4. The summed E-state index contributed by atoms with van der Waals surface area (Å²) in [6.07, 6.45) is 0. The molecule has 6 heteroatoms. The summed E-state index contributed by atoms with van der Waals surface area (Å²) in [6, 6.07) is 0. The van der Waals surface area contributed by atoms with Crippen LogP contribution in [0, 0.1) is 15.3 Å². The number of nitrogens with zero attached hydrogens (tertiary/aromatic N) is 1. The van der Waals surface area contributed by atoms with Crippen LogP contribution in [0.15, 0.2) is 0 Å². The van der Waals surface area contributed by atoms with Crippen molar-refractivity contribution in [2.24, 2.45) is 0 Å². The fourth-order valence-corrected chi connectivity index (χ4v) is 0. The van der Waals surface area contributed by atoms with Crippen molar-refractivity contribution in [3.8, 4) is 0 Å². The molecule has 0 spiro atoms. The summed E-state index contributed by atoms with van der Waals surface area (Å²) in [6.45, 7) is 0. The molecule has 0 bridgehead atoms. The molecule has 0 N–H and O–H groups in total. The zero-order valence-electron chi connectivity index (χ0n) is 1.97. The maximum absolute atomic E-state index is 8.25. The van der Waals surface area contributed by atoms with Crippen LogP contribution in [0.4, 0.5) is 0 Å². The van der Waals surface area contributed by atoms with Gasteiger partial charge in [-0.15, -0.1) is 0 Å². The molecular formula is H3AgInNO3. The molecule has 0 heterocycles. The van der Waals surface area contributed by atoms with Crippen molar-refractivity contribution in [1.82, 2.24) is 0 Å². The van der Waals surface area contributed by atoms with E-state index in [0.717, 1.165) is 0 Å². The normalized spacial score (nSPS) is 4.00. The molecule has 0 aromatic rings. The molecule has 0 fully saturated rings. The molecular weight excluding hydrogens is 285 g/mol. The number of hydrogen-bond acceptors (Lipinski definition) is 3. The second-order valence-corrected chi connectivity index (χ2v) is 0.224. The van der Waals surface area contributed by atoms with E-state index in [9.17, 15) is 0 Å². The van der Waals surface area contributed by atoms with Crippen molar-refractivity contribution in [2.75, 3.05) is 0 Å². The molecule has 6 heavy (non-hydrogen) atoms. The molecule has 0 radical (unpaired) electrons. The van der Waals surface area contributed by atoms with Gasteiger partial charge in [-0.05, 0) is 0 Å². The van der Waals surface area contributed by atoms with Gasteiger partial charge in [0.25, 0.3) is 0 Å². The number of hydrogen-bond donors (Lipinski definition) is 0. The van der Waals surface area contributed by atoms with Crippen LogP contribution >= 0.6 is 0 Å². The van der Waals surface area contributed by atoms with E-state index in [4.69, 9.17) is 15.3 Å². The molecule has 0 saturated carbocycles. The first kappa shape index (κ1) is 15.8. The Labute approximate surface area is 68.3 Å². The Hall–Kier alpha value is 0.810. The van der Waals surface area contributed by atoms with Gasteiger partial charge in [-0.25, -0.2) is 0 Å². The molecule has 40 valence electrons. The molecule has 0 saturated heterocycles. The van der Waals surface area contributed by atoms with Gasteiger partial charge in [0.15, 0.2) is 0 Å². The summed E-state index contributed by atoms with van der Waals surface area (Å²) in [5.74, 6) is 0. The van der Waals surface area contributed by atoms with Crippen LogP contribution in [0.1, 0.15) is 0 Å². The van der Waals surface area contributed by atoms with Crippen molar-refractivity contribution in [3.63, 3.8) is 0 Å². The Balaban J connectivity index is -0.0000000450. The quantitative estimate of drug-likeness (QED) is 0.312. The summed E-state index contributed by atoms with van der Waals surface area (Å²) in [5.41, 5.74) is 0. The zero-order valence-corrected chi connectivity index (χ0v) is 3.46. The van der Waals surface area contributed by atoms with Gasteiger partial charge in [-0.1, -0.05) is 0 Å². The van der Waals surface area contributed by atoms with Crippen molar-refractivity contribution in [2.45, 2.75) is 0 Å². The zero-order chi connectivity index (χ0) is 3.58. The molecule has 0 amide bonds. The minimum atomic E-state index is -1.75. The second-order valence-electron chi connectivity index (χ2n) is 0.224. The van der Waals surface area contributed by atoms with E-state index < -0.39 is 5.09 Å². The van der Waals surface area contributed by atoms with Gasteiger partial charge in [-0.2, -0.15) is 0 Å². The SMILES string of the molecule is O=[N+]([O-])[O-].[Ag+].[InH3]. The Morgan fingerprint density at radius 1 is 1.33 bits per heavy atom. The fraction of sp³-hybridized carbons (Fsp3) is 0. The summed E-state index contributed by atoms with van der Waals surface area (Å²) in [5, 5.41) is 14.8. The Morgan fingerprint density at radius 3 is 1.33 bits per heavy atom. The predicted octanol–water partition coefficient (Wildman–Crippen LogP) is -1.43. The van der Waals surface area contributed by atoms with Crippen LogP contribution in [0.2, 0.25) is 0 Å². The Morgan fingerprint density at radius 2 is 1.33 bits per heavy atom. The molecule has 0 rings (SSSR count). The van der Waals surface area contributed by atoms with Gasteiger partial charge in [0.1, 0.15) is 0 Å². The third-order valence-corrected chi connectivity index (χ3v) is 0. The average Bonchev–Trinajstić information content (AvgIpc) is 0.811. The number of rotatable bonds is 0. The van der Waals surface area contributed by atoms with Gasteiger partial charge in [-0.3, -0.25) is 0 Å². The summed E-state index contributed by atoms with van der Waals surface area (Å²) in [7, 11) is 0. The standard InChI is InChI=1S/Ag.In.NO3.3H/c;;2-1(3)4;;;/q+1;;-1;;;. The van der Waals surface area contributed by atoms with Crippen LogP contribution in [0.5, 0.6) is 0 Å². The second kappa shape index (κ2) is 9.26. The fourth-order valence-electron chi connectivity index (χ4n) is 0. The van der Waals surface area contributed by atoms with E-state index in [0.29, 0.717) is 0 Å². The molecule has 0 aliphatic rings. The van der Waals surface area contributed by atoms with Gasteiger partial charge in [0.2, 0.25) is 0 Å². The molecule has 4 nitrogen and oxygen atoms in total. The maximum atomic E-state index is 8.25. The van der Waals surface area contributed by atoms with E-state index >= 15 is 0 Å². The van der Waals surface area contributed by atoms with E-state index in [2.05, 4.69) is 0 Å². The van der Waals surface area contributed by atoms with Crippen LogP contribution in [-0.2, 0) is 22.4 Å². The van der Waals surface area contributed by atoms with Gasteiger partial charge in [0, 0.05) is 0 Å². The first-order chi connectivity index (χ1) is 1.73. The third-order valence-electron chi connectivity index (χ3n) is 0. The van der Waals surface area contributed by atoms with Crippen LogP contribution in [0.25, 0.3) is 0 Å². The molecule has 0 unspecified atom stereocenters. The first-order valence-corrected chi connectivity index (χ1v) is 0.548. The summed E-state index contributed by atoms with van der Waals surface area (Å²) in [4.78, 5) is 8.25. The van der Waals surface area contributed by atoms with E-state index in [1.54, 1.807) is 0 Å². The van der Waals surface area contributed by atoms with E-state index in [1.807, 2.05) is 0 Å². The molecule has 0 aromatic carbocycles. The molecule has 0 atom stereocenters. The third kappa shape index (κ3) is 106. The predicted molar refractivity (Wildman–Crippen MR) is 20.3 cm³/mol. The van der Waals surface area contributed by atoms with E-state index in [1.165, 1.54) is 0 Å². The van der Waals surface area contributed by atoms with Gasteiger partial charge >= 0.3 is 48.2 Å². The van der Waals surface area contributed by atoms with E-state index in [-0.39, 0.29) is 48.2 Å². The van der Waals surface area contributed by atoms with Crippen molar-refractivity contribution >= 4 is 25.8 Å². The molecule has 0 aromatic heterocycles. The van der Waals surface area contributed by atoms with Crippen molar-refractivity contribution in [1.29, 1.82) is 0 Å². The van der Waals surface area contributed by atoms with Crippen molar-refractivity contribution < 1.29 is 27.5 Å². The minimum absolute atomic E-state index is 0. The first-order valence-electron chi connectivity index (χ1n) is 0.548.